The van der Waals surface area contributed by atoms with Gasteiger partial charge in [0.1, 0.15) is 0 Å². The van der Waals surface area contributed by atoms with Gasteiger partial charge in [-0.15, -0.1) is 0 Å². The molecular weight excluding hydrogens is 184 g/mol. The highest BCUT2D eigenvalue weighted by Crippen LogP contribution is 2.35. The van der Waals surface area contributed by atoms with E-state index in [1.807, 2.05) is 0 Å². The second kappa shape index (κ2) is 3.62. The maximum absolute atomic E-state index is 5.91. The van der Waals surface area contributed by atoms with Gasteiger partial charge in [-0.3, -0.25) is 0 Å². The summed E-state index contributed by atoms with van der Waals surface area (Å²) in [7, 11) is 0. The Hall–Kier alpha value is -0.860. The lowest BCUT2D eigenvalue weighted by Gasteiger charge is -2.33. The maximum atomic E-state index is 5.91. The first-order valence-corrected chi connectivity index (χ1v) is 5.88. The molecule has 0 spiro atoms. The molecule has 2 atom stereocenters. The standard InChI is InChI=1S/C13H18N2/c14-12-5-6-15(9-12)8-11-7-10-3-1-2-4-13(10)11/h1-4,11-12H,5-9,14H2. The second-order valence-corrected chi connectivity index (χ2v) is 4.91. The van der Waals surface area contributed by atoms with Gasteiger partial charge in [0.25, 0.3) is 0 Å². The van der Waals surface area contributed by atoms with Crippen LogP contribution >= 0.6 is 0 Å². The van der Waals surface area contributed by atoms with E-state index in [0.29, 0.717) is 6.04 Å². The van der Waals surface area contributed by atoms with Crippen LogP contribution in [0, 0.1) is 0 Å². The van der Waals surface area contributed by atoms with Crippen LogP contribution in [-0.4, -0.2) is 30.6 Å². The molecule has 1 aromatic rings. The molecule has 2 aliphatic rings. The number of likely N-dealkylation sites (tertiary alicyclic amines) is 1. The fourth-order valence-electron chi connectivity index (χ4n) is 2.87. The van der Waals surface area contributed by atoms with Crippen molar-refractivity contribution in [1.82, 2.24) is 4.90 Å². The van der Waals surface area contributed by atoms with E-state index in [0.717, 1.165) is 12.5 Å². The largest absolute Gasteiger partial charge is 0.326 e. The smallest absolute Gasteiger partial charge is 0.0180 e. The summed E-state index contributed by atoms with van der Waals surface area (Å²) in [4.78, 5) is 2.52. The third kappa shape index (κ3) is 1.68. The summed E-state index contributed by atoms with van der Waals surface area (Å²) in [6.07, 6.45) is 2.44. The van der Waals surface area contributed by atoms with Gasteiger partial charge in [0.05, 0.1) is 0 Å². The molecule has 2 unspecified atom stereocenters. The highest BCUT2D eigenvalue weighted by Gasteiger charge is 2.29. The van der Waals surface area contributed by atoms with Crippen molar-refractivity contribution in [3.8, 4) is 0 Å². The molecule has 1 fully saturated rings. The van der Waals surface area contributed by atoms with Crippen molar-refractivity contribution in [2.24, 2.45) is 5.73 Å². The van der Waals surface area contributed by atoms with Crippen molar-refractivity contribution >= 4 is 0 Å². The zero-order valence-electron chi connectivity index (χ0n) is 9.02. The van der Waals surface area contributed by atoms with Crippen LogP contribution in [-0.2, 0) is 6.42 Å². The zero-order valence-corrected chi connectivity index (χ0v) is 9.02. The number of fused-ring (bicyclic) bond motifs is 1. The highest BCUT2D eigenvalue weighted by molar-refractivity contribution is 5.40. The van der Waals surface area contributed by atoms with E-state index in [2.05, 4.69) is 29.2 Å². The Morgan fingerprint density at radius 2 is 2.20 bits per heavy atom. The number of benzene rings is 1. The zero-order chi connectivity index (χ0) is 10.3. The number of nitrogens with zero attached hydrogens (tertiary/aromatic N) is 1. The summed E-state index contributed by atoms with van der Waals surface area (Å²) in [5.74, 6) is 0.770. The molecule has 1 saturated heterocycles. The monoisotopic (exact) mass is 202 g/mol. The molecule has 15 heavy (non-hydrogen) atoms. The molecule has 80 valence electrons. The fourth-order valence-corrected chi connectivity index (χ4v) is 2.87. The van der Waals surface area contributed by atoms with Crippen LogP contribution in [0.3, 0.4) is 0 Å². The molecular formula is C13H18N2. The van der Waals surface area contributed by atoms with Gasteiger partial charge in [0.15, 0.2) is 0 Å². The number of hydrogen-bond acceptors (Lipinski definition) is 2. The molecule has 2 N–H and O–H groups in total. The first-order valence-electron chi connectivity index (χ1n) is 5.88. The molecule has 1 aromatic carbocycles. The second-order valence-electron chi connectivity index (χ2n) is 4.91. The van der Waals surface area contributed by atoms with E-state index in [1.54, 1.807) is 11.1 Å². The minimum atomic E-state index is 0.417. The number of rotatable bonds is 2. The quantitative estimate of drug-likeness (QED) is 0.784. The SMILES string of the molecule is NC1CCN(CC2Cc3ccccc32)C1. The molecule has 2 heteroatoms. The molecule has 1 aliphatic heterocycles. The Kier molecular flexibility index (Phi) is 2.26. The summed E-state index contributed by atoms with van der Waals surface area (Å²) >= 11 is 0. The van der Waals surface area contributed by atoms with Gasteiger partial charge in [0, 0.05) is 25.0 Å². The van der Waals surface area contributed by atoms with Crippen LogP contribution in [0.25, 0.3) is 0 Å². The normalized spacial score (nSPS) is 29.9. The first-order chi connectivity index (χ1) is 7.33. The lowest BCUT2D eigenvalue weighted by atomic mass is 9.77. The van der Waals surface area contributed by atoms with Gasteiger partial charge in [0.2, 0.25) is 0 Å². The van der Waals surface area contributed by atoms with Crippen molar-refractivity contribution < 1.29 is 0 Å². The Labute approximate surface area is 91.1 Å². The van der Waals surface area contributed by atoms with Gasteiger partial charge >= 0.3 is 0 Å². The minimum Gasteiger partial charge on any atom is -0.326 e. The van der Waals surface area contributed by atoms with Gasteiger partial charge < -0.3 is 10.6 Å². The average Bonchev–Trinajstić information content (AvgIpc) is 2.61. The number of nitrogens with two attached hydrogens (primary N) is 1. The third-order valence-electron chi connectivity index (χ3n) is 3.75. The molecule has 0 bridgehead atoms. The number of hydrogen-bond donors (Lipinski definition) is 1. The van der Waals surface area contributed by atoms with E-state index >= 15 is 0 Å². The topological polar surface area (TPSA) is 29.3 Å². The van der Waals surface area contributed by atoms with Crippen molar-refractivity contribution in [2.45, 2.75) is 24.8 Å². The molecule has 2 nitrogen and oxygen atoms in total. The predicted octanol–water partition coefficient (Wildman–Crippen LogP) is 1.36. The summed E-state index contributed by atoms with van der Waals surface area (Å²) in [6, 6.07) is 9.24. The Morgan fingerprint density at radius 3 is 2.93 bits per heavy atom. The highest BCUT2D eigenvalue weighted by atomic mass is 15.2. The fraction of sp³-hybridized carbons (Fsp3) is 0.538. The average molecular weight is 202 g/mol. The maximum Gasteiger partial charge on any atom is 0.0180 e. The molecule has 1 aliphatic carbocycles. The summed E-state index contributed by atoms with van der Waals surface area (Å²) in [5.41, 5.74) is 9.03. The Morgan fingerprint density at radius 1 is 1.33 bits per heavy atom. The van der Waals surface area contributed by atoms with E-state index < -0.39 is 0 Å². The van der Waals surface area contributed by atoms with Crippen LogP contribution < -0.4 is 5.73 Å². The molecule has 1 heterocycles. The van der Waals surface area contributed by atoms with Gasteiger partial charge in [-0.25, -0.2) is 0 Å². The first kappa shape index (κ1) is 9.37. The van der Waals surface area contributed by atoms with Gasteiger partial charge in [-0.1, -0.05) is 24.3 Å². The van der Waals surface area contributed by atoms with E-state index in [4.69, 9.17) is 5.73 Å². The van der Waals surface area contributed by atoms with Crippen molar-refractivity contribution in [3.63, 3.8) is 0 Å². The predicted molar refractivity (Wildman–Crippen MR) is 61.9 cm³/mol. The summed E-state index contributed by atoms with van der Waals surface area (Å²) < 4.78 is 0. The van der Waals surface area contributed by atoms with Crippen LogP contribution in [0.15, 0.2) is 24.3 Å². The van der Waals surface area contributed by atoms with Crippen LogP contribution in [0.2, 0.25) is 0 Å². The van der Waals surface area contributed by atoms with E-state index in [1.165, 1.54) is 25.9 Å². The van der Waals surface area contributed by atoms with E-state index in [9.17, 15) is 0 Å². The molecule has 0 aromatic heterocycles. The van der Waals surface area contributed by atoms with Crippen molar-refractivity contribution in [2.75, 3.05) is 19.6 Å². The van der Waals surface area contributed by atoms with Crippen LogP contribution in [0.5, 0.6) is 0 Å². The van der Waals surface area contributed by atoms with Crippen LogP contribution in [0.1, 0.15) is 23.5 Å². The minimum absolute atomic E-state index is 0.417. The summed E-state index contributed by atoms with van der Waals surface area (Å²) in [6.45, 7) is 3.50. The lowest BCUT2D eigenvalue weighted by Crippen LogP contribution is -2.33. The van der Waals surface area contributed by atoms with Crippen molar-refractivity contribution in [3.05, 3.63) is 35.4 Å². The van der Waals surface area contributed by atoms with Crippen LogP contribution in [0.4, 0.5) is 0 Å². The van der Waals surface area contributed by atoms with Gasteiger partial charge in [-0.2, -0.15) is 0 Å². The Bertz CT molecular complexity index is 361. The molecule has 0 radical (unpaired) electrons. The van der Waals surface area contributed by atoms with E-state index in [-0.39, 0.29) is 0 Å². The lowest BCUT2D eigenvalue weighted by molar-refractivity contribution is 0.298. The summed E-state index contributed by atoms with van der Waals surface area (Å²) in [5, 5.41) is 0. The molecule has 3 rings (SSSR count). The molecule has 0 amide bonds. The third-order valence-corrected chi connectivity index (χ3v) is 3.75. The molecule has 0 saturated carbocycles. The van der Waals surface area contributed by atoms with Crippen molar-refractivity contribution in [1.29, 1.82) is 0 Å². The van der Waals surface area contributed by atoms with Gasteiger partial charge in [-0.05, 0) is 30.5 Å². The Balaban J connectivity index is 1.63.